The highest BCUT2D eigenvalue weighted by molar-refractivity contribution is 6.01. The Morgan fingerprint density at radius 1 is 1.11 bits per heavy atom. The van der Waals surface area contributed by atoms with Gasteiger partial charge in [-0.25, -0.2) is 0 Å². The largest absolute Gasteiger partial charge is 0.389 e. The van der Waals surface area contributed by atoms with E-state index in [2.05, 4.69) is 29.5 Å². The van der Waals surface area contributed by atoms with Crippen molar-refractivity contribution in [3.63, 3.8) is 0 Å². The number of Topliss-reactive ketones (excluding diaryl/α,β-unsaturated/α-hetero) is 1. The minimum absolute atomic E-state index is 0.00637. The highest BCUT2D eigenvalue weighted by atomic mass is 16.3. The molecule has 0 unspecified atom stereocenters. The highest BCUT2D eigenvalue weighted by Gasteiger charge is 2.69. The summed E-state index contributed by atoms with van der Waals surface area (Å²) in [6.07, 6.45) is 4.79. The zero-order valence-electron chi connectivity index (χ0n) is 22.3. The number of ketones is 1. The van der Waals surface area contributed by atoms with Gasteiger partial charge in [0.05, 0.1) is 6.04 Å². The molecule has 204 valence electrons. The first-order valence-corrected chi connectivity index (χ1v) is 13.8. The average molecular weight is 523 g/mol. The number of likely N-dealkylation sites (tertiary alicyclic amines) is 1. The van der Waals surface area contributed by atoms with Gasteiger partial charge in [-0.05, 0) is 55.1 Å². The summed E-state index contributed by atoms with van der Waals surface area (Å²) in [6, 6.07) is 7.13. The van der Waals surface area contributed by atoms with Crippen LogP contribution in [0.3, 0.4) is 0 Å². The summed E-state index contributed by atoms with van der Waals surface area (Å²) in [7, 11) is 0. The molecular weight excluding hydrogens is 484 g/mol. The Hall–Kier alpha value is -3.20. The molecule has 4 N–H and O–H groups in total. The molecule has 3 aliphatic rings. The number of nitrogens with zero attached hydrogens (tertiary/aromatic N) is 1. The van der Waals surface area contributed by atoms with Gasteiger partial charge < -0.3 is 25.6 Å². The summed E-state index contributed by atoms with van der Waals surface area (Å²) >= 11 is 0. The van der Waals surface area contributed by atoms with Crippen LogP contribution in [0.4, 0.5) is 0 Å². The van der Waals surface area contributed by atoms with Crippen molar-refractivity contribution in [2.24, 2.45) is 23.2 Å². The number of amides is 3. The van der Waals surface area contributed by atoms with Gasteiger partial charge in [-0.1, -0.05) is 51.3 Å². The number of aromatic amines is 1. The molecule has 0 radical (unpaired) electrons. The fraction of sp³-hybridized carbons (Fsp3) is 0.586. The lowest BCUT2D eigenvalue weighted by molar-refractivity contribution is -0.143. The van der Waals surface area contributed by atoms with Crippen LogP contribution in [-0.2, 0) is 14.4 Å². The minimum Gasteiger partial charge on any atom is -0.389 e. The fourth-order valence-electron chi connectivity index (χ4n) is 6.77. The van der Waals surface area contributed by atoms with Crippen molar-refractivity contribution >= 4 is 34.4 Å². The summed E-state index contributed by atoms with van der Waals surface area (Å²) in [5, 5.41) is 15.9. The number of benzene rings is 1. The summed E-state index contributed by atoms with van der Waals surface area (Å²) < 4.78 is 0. The van der Waals surface area contributed by atoms with Crippen LogP contribution >= 0.6 is 0 Å². The van der Waals surface area contributed by atoms with Crippen molar-refractivity contribution in [2.75, 3.05) is 13.2 Å². The zero-order chi connectivity index (χ0) is 27.2. The van der Waals surface area contributed by atoms with Crippen molar-refractivity contribution in [1.82, 2.24) is 20.5 Å². The minimum atomic E-state index is -0.846. The molecule has 9 heteroatoms. The van der Waals surface area contributed by atoms with Crippen molar-refractivity contribution < 1.29 is 24.3 Å². The number of piperidine rings is 1. The molecule has 1 aromatic carbocycles. The van der Waals surface area contributed by atoms with Crippen molar-refractivity contribution in [1.29, 1.82) is 0 Å². The van der Waals surface area contributed by atoms with E-state index in [0.717, 1.165) is 43.0 Å². The molecule has 3 amide bonds. The van der Waals surface area contributed by atoms with E-state index in [9.17, 15) is 24.3 Å². The van der Waals surface area contributed by atoms with Crippen molar-refractivity contribution in [2.45, 2.75) is 71.0 Å². The first-order chi connectivity index (χ1) is 18.1. The lowest BCUT2D eigenvalue weighted by atomic mass is 9.83. The summed E-state index contributed by atoms with van der Waals surface area (Å²) in [5.74, 6) is -1.26. The molecule has 2 aliphatic carbocycles. The maximum atomic E-state index is 14.2. The van der Waals surface area contributed by atoms with Gasteiger partial charge in [0.1, 0.15) is 24.4 Å². The lowest BCUT2D eigenvalue weighted by Gasteiger charge is -2.37. The van der Waals surface area contributed by atoms with Gasteiger partial charge in [0.25, 0.3) is 5.91 Å². The Bertz CT molecular complexity index is 1210. The van der Waals surface area contributed by atoms with Crippen LogP contribution in [0.2, 0.25) is 0 Å². The molecule has 1 aliphatic heterocycles. The molecule has 1 saturated heterocycles. The first kappa shape index (κ1) is 26.4. The van der Waals surface area contributed by atoms with E-state index < -0.39 is 30.5 Å². The number of para-hydroxylation sites is 1. The van der Waals surface area contributed by atoms with Crippen LogP contribution in [0.5, 0.6) is 0 Å². The van der Waals surface area contributed by atoms with Crippen LogP contribution in [-0.4, -0.2) is 69.8 Å². The second-order valence-electron chi connectivity index (χ2n) is 11.9. The molecule has 38 heavy (non-hydrogen) atoms. The van der Waals surface area contributed by atoms with Gasteiger partial charge in [-0.2, -0.15) is 0 Å². The van der Waals surface area contributed by atoms with Gasteiger partial charge in [0, 0.05) is 17.4 Å². The predicted molar refractivity (Wildman–Crippen MR) is 142 cm³/mol. The number of fused-ring (bicyclic) bond motifs is 2. The lowest BCUT2D eigenvalue weighted by Crippen LogP contribution is -2.59. The number of H-pyrrole nitrogens is 1. The molecule has 9 nitrogen and oxygen atoms in total. The summed E-state index contributed by atoms with van der Waals surface area (Å²) in [6.45, 7) is 5.53. The fourth-order valence-corrected chi connectivity index (χ4v) is 6.77. The molecule has 2 saturated carbocycles. The summed E-state index contributed by atoms with van der Waals surface area (Å²) in [4.78, 5) is 57.7. The standard InChI is InChI=1S/C29H38N4O5/c1-16(22(35)15-34)30-27(37)25-23-19(29(23,2)3)14-33(25)28(38)24(17-9-5-4-6-10-17)32-26(36)21-13-18-11-7-8-12-20(18)31-21/h7-8,11-13,16-17,19,23-25,31,34H,4-6,9-10,14-15H2,1-3H3,(H,30,37)(H,32,36)/t16-,19-,23-,24-,25-/m0/s1. The number of rotatable bonds is 8. The SMILES string of the molecule is C[C@H](NC(=O)[C@@H]1[C@@H]2[C@H](CN1C(=O)[C@@H](NC(=O)c1cc3ccccc3[nH]1)C1CCCCC1)C2(C)C)C(=O)CO. The number of carbonyl (C=O) groups excluding carboxylic acids is 4. The molecule has 5 rings (SSSR count). The summed E-state index contributed by atoms with van der Waals surface area (Å²) in [5.41, 5.74) is 1.16. The second-order valence-corrected chi connectivity index (χ2v) is 11.9. The smallest absolute Gasteiger partial charge is 0.268 e. The third-order valence-electron chi connectivity index (χ3n) is 9.21. The number of aromatic nitrogens is 1. The molecular formula is C29H38N4O5. The number of hydrogen-bond donors (Lipinski definition) is 4. The average Bonchev–Trinajstić information content (AvgIpc) is 3.30. The van der Waals surface area contributed by atoms with E-state index in [4.69, 9.17) is 0 Å². The van der Waals surface area contributed by atoms with Gasteiger partial charge in [-0.3, -0.25) is 19.2 Å². The monoisotopic (exact) mass is 522 g/mol. The Morgan fingerprint density at radius 2 is 1.82 bits per heavy atom. The molecule has 2 heterocycles. The Balaban J connectivity index is 1.39. The van der Waals surface area contributed by atoms with E-state index in [1.807, 2.05) is 24.3 Å². The van der Waals surface area contributed by atoms with E-state index >= 15 is 0 Å². The van der Waals surface area contributed by atoms with Gasteiger partial charge in [0.15, 0.2) is 5.78 Å². The normalized spacial score (nSPS) is 25.9. The van der Waals surface area contributed by atoms with E-state index in [-0.39, 0.29) is 40.9 Å². The third kappa shape index (κ3) is 4.72. The van der Waals surface area contributed by atoms with Crippen LogP contribution in [0, 0.1) is 23.2 Å². The van der Waals surface area contributed by atoms with E-state index in [1.54, 1.807) is 17.9 Å². The number of aliphatic hydroxyl groups is 1. The van der Waals surface area contributed by atoms with Crippen LogP contribution < -0.4 is 10.6 Å². The van der Waals surface area contributed by atoms with Crippen molar-refractivity contribution in [3.8, 4) is 0 Å². The quantitative estimate of drug-likeness (QED) is 0.423. The second kappa shape index (κ2) is 10.2. The van der Waals surface area contributed by atoms with E-state index in [0.29, 0.717) is 12.2 Å². The topological polar surface area (TPSA) is 132 Å². The van der Waals surface area contributed by atoms with Crippen LogP contribution in [0.1, 0.15) is 63.4 Å². The predicted octanol–water partition coefficient (Wildman–Crippen LogP) is 2.40. The molecule has 5 atom stereocenters. The number of aliphatic hydroxyl groups excluding tert-OH is 1. The number of carbonyl (C=O) groups is 4. The first-order valence-electron chi connectivity index (χ1n) is 13.8. The van der Waals surface area contributed by atoms with Crippen LogP contribution in [0.15, 0.2) is 30.3 Å². The number of nitrogens with one attached hydrogen (secondary N) is 3. The van der Waals surface area contributed by atoms with Crippen molar-refractivity contribution in [3.05, 3.63) is 36.0 Å². The van der Waals surface area contributed by atoms with Gasteiger partial charge >= 0.3 is 0 Å². The third-order valence-corrected chi connectivity index (χ3v) is 9.21. The number of hydrogen-bond acceptors (Lipinski definition) is 5. The maximum Gasteiger partial charge on any atom is 0.268 e. The van der Waals surface area contributed by atoms with E-state index in [1.165, 1.54) is 0 Å². The highest BCUT2D eigenvalue weighted by Crippen LogP contribution is 2.65. The van der Waals surface area contributed by atoms with Gasteiger partial charge in [0.2, 0.25) is 11.8 Å². The molecule has 2 aromatic rings. The van der Waals surface area contributed by atoms with Gasteiger partial charge in [-0.15, -0.1) is 0 Å². The Labute approximate surface area is 222 Å². The molecule has 0 bridgehead atoms. The molecule has 1 aromatic heterocycles. The molecule has 3 fully saturated rings. The maximum absolute atomic E-state index is 14.2. The van der Waals surface area contributed by atoms with Crippen LogP contribution in [0.25, 0.3) is 10.9 Å². The Kier molecular flexibility index (Phi) is 7.07. The zero-order valence-corrected chi connectivity index (χ0v) is 22.3. The Morgan fingerprint density at radius 3 is 2.50 bits per heavy atom. The molecule has 0 spiro atoms.